The smallest absolute Gasteiger partial charge is 0.281 e. The molecule has 12 heavy (non-hydrogen) atoms. The molecule has 1 aromatic rings. The lowest BCUT2D eigenvalue weighted by Crippen LogP contribution is -2.00. The molecular formula is C6H4BrF2IN2. The second-order valence-corrected chi connectivity index (χ2v) is 3.93. The second-order valence-electron chi connectivity index (χ2n) is 2.03. The van der Waals surface area contributed by atoms with Gasteiger partial charge in [0.2, 0.25) is 0 Å². The number of alkyl halides is 2. The Morgan fingerprint density at radius 3 is 2.67 bits per heavy atom. The van der Waals surface area contributed by atoms with Crippen molar-refractivity contribution in [2.45, 2.75) is 6.43 Å². The zero-order chi connectivity index (χ0) is 9.30. The SMILES string of the molecule is Nc1cc(Br)nc(C(F)F)c1I. The first-order valence-corrected chi connectivity index (χ1v) is 4.79. The molecule has 0 saturated heterocycles. The number of nitrogens with two attached hydrogens (primary N) is 1. The van der Waals surface area contributed by atoms with Crippen molar-refractivity contribution >= 4 is 44.2 Å². The van der Waals surface area contributed by atoms with Crippen LogP contribution in [-0.2, 0) is 0 Å². The molecule has 2 N–H and O–H groups in total. The van der Waals surface area contributed by atoms with Crippen LogP contribution in [0.5, 0.6) is 0 Å². The van der Waals surface area contributed by atoms with E-state index in [0.29, 0.717) is 13.9 Å². The van der Waals surface area contributed by atoms with Crippen LogP contribution in [0, 0.1) is 3.57 Å². The maximum Gasteiger partial charge on any atom is 0.281 e. The van der Waals surface area contributed by atoms with Crippen molar-refractivity contribution in [2.24, 2.45) is 0 Å². The van der Waals surface area contributed by atoms with Gasteiger partial charge in [-0.1, -0.05) is 0 Å². The van der Waals surface area contributed by atoms with E-state index in [1.165, 1.54) is 6.07 Å². The van der Waals surface area contributed by atoms with E-state index >= 15 is 0 Å². The van der Waals surface area contributed by atoms with E-state index in [1.54, 1.807) is 22.6 Å². The Kier molecular flexibility index (Phi) is 3.22. The Morgan fingerprint density at radius 1 is 1.58 bits per heavy atom. The molecule has 0 spiro atoms. The first-order chi connectivity index (χ1) is 5.52. The third kappa shape index (κ3) is 2.03. The van der Waals surface area contributed by atoms with Gasteiger partial charge < -0.3 is 5.73 Å². The first-order valence-electron chi connectivity index (χ1n) is 2.92. The van der Waals surface area contributed by atoms with Gasteiger partial charge in [-0.3, -0.25) is 0 Å². The van der Waals surface area contributed by atoms with Crippen LogP contribution in [0.1, 0.15) is 12.1 Å². The summed E-state index contributed by atoms with van der Waals surface area (Å²) in [5.74, 6) is 0. The Morgan fingerprint density at radius 2 is 2.17 bits per heavy atom. The summed E-state index contributed by atoms with van der Waals surface area (Å²) >= 11 is 4.74. The fourth-order valence-corrected chi connectivity index (χ4v) is 1.63. The Balaban J connectivity index is 3.28. The van der Waals surface area contributed by atoms with Crippen LogP contribution >= 0.6 is 38.5 Å². The third-order valence-electron chi connectivity index (χ3n) is 1.19. The molecule has 0 aliphatic heterocycles. The fraction of sp³-hybridized carbons (Fsp3) is 0.167. The monoisotopic (exact) mass is 348 g/mol. The number of anilines is 1. The second kappa shape index (κ2) is 3.82. The molecule has 0 radical (unpaired) electrons. The van der Waals surface area contributed by atoms with Crippen LogP contribution in [0.15, 0.2) is 10.7 Å². The van der Waals surface area contributed by atoms with Gasteiger partial charge in [-0.05, 0) is 44.6 Å². The number of nitrogens with zero attached hydrogens (tertiary/aromatic N) is 1. The average molecular weight is 349 g/mol. The minimum absolute atomic E-state index is 0.275. The number of halogens is 4. The molecular weight excluding hydrogens is 345 g/mol. The summed E-state index contributed by atoms with van der Waals surface area (Å²) in [6.07, 6.45) is -2.59. The lowest BCUT2D eigenvalue weighted by atomic mass is 10.3. The van der Waals surface area contributed by atoms with Crippen molar-refractivity contribution in [1.29, 1.82) is 0 Å². The number of hydrogen-bond acceptors (Lipinski definition) is 2. The standard InChI is InChI=1S/C6H4BrF2IN2/c7-3-1-2(11)4(10)5(12-3)6(8)9/h1,6H,(H2,11,12). The summed E-state index contributed by atoms with van der Waals surface area (Å²) in [5, 5.41) is 0. The van der Waals surface area contributed by atoms with Gasteiger partial charge in [-0.2, -0.15) is 0 Å². The van der Waals surface area contributed by atoms with Crippen LogP contribution in [0.2, 0.25) is 0 Å². The largest absolute Gasteiger partial charge is 0.398 e. The maximum absolute atomic E-state index is 12.2. The molecule has 2 nitrogen and oxygen atoms in total. The zero-order valence-electron chi connectivity index (χ0n) is 5.69. The lowest BCUT2D eigenvalue weighted by Gasteiger charge is -2.05. The zero-order valence-corrected chi connectivity index (χ0v) is 9.43. The van der Waals surface area contributed by atoms with E-state index in [-0.39, 0.29) is 5.69 Å². The molecule has 0 saturated carbocycles. The number of rotatable bonds is 1. The molecule has 0 fully saturated rings. The summed E-state index contributed by atoms with van der Waals surface area (Å²) < 4.78 is 25.1. The molecule has 0 atom stereocenters. The topological polar surface area (TPSA) is 38.9 Å². The Hall–Kier alpha value is 0.0200. The normalized spacial score (nSPS) is 10.8. The lowest BCUT2D eigenvalue weighted by molar-refractivity contribution is 0.145. The summed E-state index contributed by atoms with van der Waals surface area (Å²) in [6.45, 7) is 0. The number of pyridine rings is 1. The summed E-state index contributed by atoms with van der Waals surface area (Å²) in [7, 11) is 0. The minimum atomic E-state index is -2.59. The predicted octanol–water partition coefficient (Wildman–Crippen LogP) is 2.97. The highest BCUT2D eigenvalue weighted by Gasteiger charge is 2.16. The molecule has 1 heterocycles. The highest BCUT2D eigenvalue weighted by Crippen LogP contribution is 2.28. The summed E-state index contributed by atoms with van der Waals surface area (Å²) in [4.78, 5) is 3.61. The molecule has 1 rings (SSSR count). The van der Waals surface area contributed by atoms with E-state index in [9.17, 15) is 8.78 Å². The van der Waals surface area contributed by atoms with E-state index in [4.69, 9.17) is 5.73 Å². The quantitative estimate of drug-likeness (QED) is 0.626. The van der Waals surface area contributed by atoms with Gasteiger partial charge in [0.05, 0.1) is 3.57 Å². The van der Waals surface area contributed by atoms with Gasteiger partial charge in [0.1, 0.15) is 10.3 Å². The van der Waals surface area contributed by atoms with Crippen LogP contribution in [0.3, 0.4) is 0 Å². The summed E-state index contributed by atoms with van der Waals surface area (Å²) in [6, 6.07) is 1.49. The number of nitrogen functional groups attached to an aromatic ring is 1. The predicted molar refractivity (Wildman–Crippen MR) is 54.0 cm³/mol. The third-order valence-corrected chi connectivity index (χ3v) is 2.77. The van der Waals surface area contributed by atoms with E-state index in [2.05, 4.69) is 20.9 Å². The first kappa shape index (κ1) is 10.1. The molecule has 0 aliphatic rings. The molecule has 0 aliphatic carbocycles. The molecule has 66 valence electrons. The molecule has 0 aromatic carbocycles. The van der Waals surface area contributed by atoms with Crippen LogP contribution in [-0.4, -0.2) is 4.98 Å². The van der Waals surface area contributed by atoms with E-state index in [1.807, 2.05) is 0 Å². The minimum Gasteiger partial charge on any atom is -0.398 e. The van der Waals surface area contributed by atoms with Gasteiger partial charge in [0.15, 0.2) is 0 Å². The molecule has 0 bridgehead atoms. The fourth-order valence-electron chi connectivity index (χ4n) is 0.681. The molecule has 1 aromatic heterocycles. The van der Waals surface area contributed by atoms with E-state index in [0.717, 1.165) is 0 Å². The van der Waals surface area contributed by atoms with Gasteiger partial charge >= 0.3 is 0 Å². The van der Waals surface area contributed by atoms with Crippen molar-refractivity contribution < 1.29 is 8.78 Å². The number of hydrogen-bond donors (Lipinski definition) is 1. The maximum atomic E-state index is 12.2. The van der Waals surface area contributed by atoms with Gasteiger partial charge in [-0.25, -0.2) is 13.8 Å². The van der Waals surface area contributed by atoms with Gasteiger partial charge in [0, 0.05) is 5.69 Å². The molecule has 0 unspecified atom stereocenters. The Labute approximate surface area is 89.8 Å². The highest BCUT2D eigenvalue weighted by molar-refractivity contribution is 14.1. The van der Waals surface area contributed by atoms with Crippen LogP contribution in [0.25, 0.3) is 0 Å². The average Bonchev–Trinajstić information content (AvgIpc) is 1.96. The molecule has 6 heteroatoms. The van der Waals surface area contributed by atoms with Crippen molar-refractivity contribution in [3.05, 3.63) is 19.9 Å². The van der Waals surface area contributed by atoms with Crippen molar-refractivity contribution in [1.82, 2.24) is 4.98 Å². The highest BCUT2D eigenvalue weighted by atomic mass is 127. The van der Waals surface area contributed by atoms with Crippen molar-refractivity contribution in [3.63, 3.8) is 0 Å². The molecule has 0 amide bonds. The van der Waals surface area contributed by atoms with Gasteiger partial charge in [-0.15, -0.1) is 0 Å². The van der Waals surface area contributed by atoms with Crippen molar-refractivity contribution in [2.75, 3.05) is 5.73 Å². The van der Waals surface area contributed by atoms with Crippen LogP contribution < -0.4 is 5.73 Å². The van der Waals surface area contributed by atoms with Crippen molar-refractivity contribution in [3.8, 4) is 0 Å². The number of aromatic nitrogens is 1. The summed E-state index contributed by atoms with van der Waals surface area (Å²) in [5.41, 5.74) is 5.49. The van der Waals surface area contributed by atoms with Crippen LogP contribution in [0.4, 0.5) is 14.5 Å². The van der Waals surface area contributed by atoms with Gasteiger partial charge in [0.25, 0.3) is 6.43 Å². The van der Waals surface area contributed by atoms with E-state index < -0.39 is 6.43 Å². The Bertz CT molecular complexity index is 306.